The summed E-state index contributed by atoms with van der Waals surface area (Å²) < 4.78 is 5.95. The van der Waals surface area contributed by atoms with Gasteiger partial charge in [-0.25, -0.2) is 0 Å². The zero-order valence-corrected chi connectivity index (χ0v) is 11.1. The number of hydrogen-bond donors (Lipinski definition) is 1. The van der Waals surface area contributed by atoms with Crippen LogP contribution in [0.1, 0.15) is 43.4 Å². The fourth-order valence-electron chi connectivity index (χ4n) is 2.20. The highest BCUT2D eigenvalue weighted by atomic mass is 16.5. The third kappa shape index (κ3) is 2.37. The number of aryl methyl sites for hydroxylation is 1. The Kier molecular flexibility index (Phi) is 3.00. The molecule has 2 nitrogen and oxygen atoms in total. The van der Waals surface area contributed by atoms with E-state index in [9.17, 15) is 0 Å². The predicted octanol–water partition coefficient (Wildman–Crippen LogP) is 3.24. The van der Waals surface area contributed by atoms with E-state index in [-0.39, 0.29) is 5.60 Å². The van der Waals surface area contributed by atoms with Crippen molar-refractivity contribution in [1.82, 2.24) is 0 Å². The second-order valence-electron chi connectivity index (χ2n) is 5.42. The highest BCUT2D eigenvalue weighted by molar-refractivity contribution is 5.63. The van der Waals surface area contributed by atoms with Crippen LogP contribution >= 0.6 is 0 Å². The molecular weight excluding hydrogens is 210 g/mol. The second-order valence-corrected chi connectivity index (χ2v) is 5.42. The van der Waals surface area contributed by atoms with Crippen LogP contribution < -0.4 is 10.5 Å². The van der Waals surface area contributed by atoms with Gasteiger partial charge in [-0.1, -0.05) is 13.0 Å². The first kappa shape index (κ1) is 12.2. The topological polar surface area (TPSA) is 35.2 Å². The molecule has 0 aliphatic carbocycles. The first-order chi connectivity index (χ1) is 7.93. The Morgan fingerprint density at radius 2 is 2.06 bits per heavy atom. The van der Waals surface area contributed by atoms with Crippen LogP contribution in [0.4, 0.5) is 0 Å². The Morgan fingerprint density at radius 1 is 1.35 bits per heavy atom. The maximum atomic E-state index is 5.95. The number of nitrogens with two attached hydrogens (primary N) is 1. The Hall–Kier alpha value is -1.28. The summed E-state index contributed by atoms with van der Waals surface area (Å²) in [7, 11) is 0. The molecule has 92 valence electrons. The van der Waals surface area contributed by atoms with Crippen molar-refractivity contribution in [2.24, 2.45) is 5.73 Å². The van der Waals surface area contributed by atoms with Crippen LogP contribution in [-0.4, -0.2) is 12.1 Å². The van der Waals surface area contributed by atoms with Crippen molar-refractivity contribution in [1.29, 1.82) is 0 Å². The average Bonchev–Trinajstić information content (AvgIpc) is 2.26. The van der Waals surface area contributed by atoms with Crippen molar-refractivity contribution < 1.29 is 4.74 Å². The summed E-state index contributed by atoms with van der Waals surface area (Å²) in [4.78, 5) is 0. The van der Waals surface area contributed by atoms with E-state index in [2.05, 4.69) is 52.0 Å². The summed E-state index contributed by atoms with van der Waals surface area (Å²) in [6.45, 7) is 9.09. The summed E-state index contributed by atoms with van der Waals surface area (Å²) in [5.74, 6) is 1.37. The molecule has 2 N–H and O–H groups in total. The van der Waals surface area contributed by atoms with Gasteiger partial charge in [-0.15, -0.1) is 0 Å². The lowest BCUT2D eigenvalue weighted by molar-refractivity contribution is 0.159. The zero-order chi connectivity index (χ0) is 12.6. The van der Waals surface area contributed by atoms with Gasteiger partial charge in [-0.3, -0.25) is 0 Å². The fraction of sp³-hybridized carbons (Fsp3) is 0.467. The molecule has 1 aromatic rings. The highest BCUT2D eigenvalue weighted by Gasteiger charge is 2.22. The van der Waals surface area contributed by atoms with Gasteiger partial charge in [-0.05, 0) is 62.6 Å². The molecule has 0 amide bonds. The maximum Gasteiger partial charge on any atom is 0.128 e. The van der Waals surface area contributed by atoms with Crippen molar-refractivity contribution in [2.75, 3.05) is 6.54 Å². The maximum absolute atomic E-state index is 5.95. The van der Waals surface area contributed by atoms with Crippen LogP contribution in [0.25, 0.3) is 6.08 Å². The Balaban J connectivity index is 2.45. The molecule has 0 saturated heterocycles. The average molecular weight is 231 g/mol. The number of fused-ring (bicyclic) bond motifs is 1. The number of rotatable bonds is 2. The van der Waals surface area contributed by atoms with Crippen LogP contribution in [0.5, 0.6) is 5.75 Å². The molecule has 1 heterocycles. The molecule has 1 aliphatic heterocycles. The normalized spacial score (nSPS) is 18.4. The minimum Gasteiger partial charge on any atom is -0.483 e. The van der Waals surface area contributed by atoms with Crippen molar-refractivity contribution in [3.63, 3.8) is 0 Å². The van der Waals surface area contributed by atoms with E-state index in [0.29, 0.717) is 12.5 Å². The number of hydrogen-bond acceptors (Lipinski definition) is 2. The van der Waals surface area contributed by atoms with Gasteiger partial charge in [0.25, 0.3) is 0 Å². The minimum absolute atomic E-state index is 0.208. The Labute approximate surface area is 103 Å². The second kappa shape index (κ2) is 4.19. The molecule has 0 radical (unpaired) electrons. The molecule has 0 fully saturated rings. The van der Waals surface area contributed by atoms with Crippen molar-refractivity contribution >= 4 is 6.08 Å². The van der Waals surface area contributed by atoms with Gasteiger partial charge < -0.3 is 10.5 Å². The molecule has 0 bridgehead atoms. The van der Waals surface area contributed by atoms with Crippen molar-refractivity contribution in [3.05, 3.63) is 34.9 Å². The molecule has 1 aromatic carbocycles. The summed E-state index contributed by atoms with van der Waals surface area (Å²) in [6.07, 6.45) is 4.24. The lowest BCUT2D eigenvalue weighted by Crippen LogP contribution is -2.27. The van der Waals surface area contributed by atoms with Crippen LogP contribution in [-0.2, 0) is 0 Å². The molecular formula is C15H21NO. The lowest BCUT2D eigenvalue weighted by Gasteiger charge is -2.29. The van der Waals surface area contributed by atoms with Crippen LogP contribution in [0, 0.1) is 6.92 Å². The summed E-state index contributed by atoms with van der Waals surface area (Å²) in [5.41, 5.74) is 9.27. The largest absolute Gasteiger partial charge is 0.483 e. The number of benzene rings is 1. The summed E-state index contributed by atoms with van der Waals surface area (Å²) >= 11 is 0. The van der Waals surface area contributed by atoms with Crippen LogP contribution in [0.3, 0.4) is 0 Å². The molecule has 0 aromatic heterocycles. The van der Waals surface area contributed by atoms with E-state index >= 15 is 0 Å². The van der Waals surface area contributed by atoms with Gasteiger partial charge in [0.15, 0.2) is 0 Å². The molecule has 1 unspecified atom stereocenters. The minimum atomic E-state index is -0.208. The van der Waals surface area contributed by atoms with Gasteiger partial charge in [0.1, 0.15) is 11.4 Å². The Morgan fingerprint density at radius 3 is 2.71 bits per heavy atom. The predicted molar refractivity (Wildman–Crippen MR) is 72.4 cm³/mol. The van der Waals surface area contributed by atoms with Crippen molar-refractivity contribution in [2.45, 2.75) is 39.2 Å². The van der Waals surface area contributed by atoms with E-state index in [1.165, 1.54) is 11.1 Å². The molecule has 1 atom stereocenters. The van der Waals surface area contributed by atoms with E-state index < -0.39 is 0 Å². The smallest absolute Gasteiger partial charge is 0.128 e. The van der Waals surface area contributed by atoms with Gasteiger partial charge in [0, 0.05) is 5.56 Å². The monoisotopic (exact) mass is 231 g/mol. The van der Waals surface area contributed by atoms with Gasteiger partial charge in [0.2, 0.25) is 0 Å². The quantitative estimate of drug-likeness (QED) is 0.848. The highest BCUT2D eigenvalue weighted by Crippen LogP contribution is 2.34. The Bertz CT molecular complexity index is 460. The van der Waals surface area contributed by atoms with Crippen molar-refractivity contribution in [3.8, 4) is 5.75 Å². The summed E-state index contributed by atoms with van der Waals surface area (Å²) in [5, 5.41) is 0. The fourth-order valence-corrected chi connectivity index (χ4v) is 2.20. The molecule has 0 saturated carbocycles. The lowest BCUT2D eigenvalue weighted by atomic mass is 9.92. The van der Waals surface area contributed by atoms with E-state index in [1.807, 2.05) is 0 Å². The standard InChI is InChI=1S/C15H21NO/c1-10-7-14-12(5-6-15(3,4)17-14)8-13(10)11(2)9-16/h5-8,11H,9,16H2,1-4H3. The van der Waals surface area contributed by atoms with Crippen LogP contribution in [0.15, 0.2) is 18.2 Å². The van der Waals surface area contributed by atoms with Gasteiger partial charge in [0.05, 0.1) is 0 Å². The van der Waals surface area contributed by atoms with E-state index in [0.717, 1.165) is 11.3 Å². The first-order valence-electron chi connectivity index (χ1n) is 6.16. The molecule has 1 aliphatic rings. The molecule has 2 heteroatoms. The van der Waals surface area contributed by atoms with Gasteiger partial charge >= 0.3 is 0 Å². The molecule has 2 rings (SSSR count). The van der Waals surface area contributed by atoms with E-state index in [1.54, 1.807) is 0 Å². The molecule has 17 heavy (non-hydrogen) atoms. The third-order valence-electron chi connectivity index (χ3n) is 3.32. The first-order valence-corrected chi connectivity index (χ1v) is 6.16. The van der Waals surface area contributed by atoms with Crippen LogP contribution in [0.2, 0.25) is 0 Å². The van der Waals surface area contributed by atoms with Gasteiger partial charge in [-0.2, -0.15) is 0 Å². The molecule has 0 spiro atoms. The van der Waals surface area contributed by atoms with E-state index in [4.69, 9.17) is 10.5 Å². The summed E-state index contributed by atoms with van der Waals surface area (Å²) in [6, 6.07) is 4.33. The SMILES string of the molecule is Cc1cc2c(cc1C(C)CN)C=CC(C)(C)O2. The number of ether oxygens (including phenoxy) is 1. The third-order valence-corrected chi connectivity index (χ3v) is 3.32. The zero-order valence-electron chi connectivity index (χ0n) is 11.1.